The second kappa shape index (κ2) is 6.25. The van der Waals surface area contributed by atoms with E-state index in [1.807, 2.05) is 41.6 Å². The topological polar surface area (TPSA) is 68.8 Å². The first-order valence-corrected chi connectivity index (χ1v) is 8.79. The molecule has 134 valence electrons. The first-order valence-electron chi connectivity index (χ1n) is 8.41. The van der Waals surface area contributed by atoms with Gasteiger partial charge in [0, 0.05) is 37.6 Å². The van der Waals surface area contributed by atoms with Gasteiger partial charge in [0.05, 0.1) is 12.7 Å². The predicted molar refractivity (Wildman–Crippen MR) is 97.7 cm³/mol. The van der Waals surface area contributed by atoms with Crippen LogP contribution in [0.5, 0.6) is 0 Å². The Morgan fingerprint density at radius 2 is 2.12 bits per heavy atom. The molecule has 1 aliphatic heterocycles. The molecule has 1 atom stereocenters. The van der Waals surface area contributed by atoms with Crippen LogP contribution in [0.1, 0.15) is 28.7 Å². The van der Waals surface area contributed by atoms with Crippen LogP contribution in [0.15, 0.2) is 30.7 Å². The summed E-state index contributed by atoms with van der Waals surface area (Å²) in [6, 6.07) is 3.83. The molecular weight excluding hydrogens is 352 g/mol. The maximum Gasteiger partial charge on any atom is 0.271 e. The third-order valence-corrected chi connectivity index (χ3v) is 4.94. The smallest absolute Gasteiger partial charge is 0.271 e. The molecule has 0 fully saturated rings. The number of aromatic nitrogens is 5. The molecule has 26 heavy (non-hydrogen) atoms. The molecule has 0 aliphatic carbocycles. The van der Waals surface area contributed by atoms with Crippen molar-refractivity contribution in [3.63, 3.8) is 0 Å². The Morgan fingerprint density at radius 1 is 1.31 bits per heavy atom. The number of nitrogens with zero attached hydrogens (tertiary/aromatic N) is 6. The Hall–Kier alpha value is -2.67. The molecule has 4 rings (SSSR count). The zero-order valence-corrected chi connectivity index (χ0v) is 15.6. The summed E-state index contributed by atoms with van der Waals surface area (Å²) in [6.07, 6.45) is 5.46. The Morgan fingerprint density at radius 3 is 2.85 bits per heavy atom. The second-order valence-electron chi connectivity index (χ2n) is 6.70. The van der Waals surface area contributed by atoms with Gasteiger partial charge in [0.15, 0.2) is 0 Å². The minimum atomic E-state index is -0.00143. The first-order chi connectivity index (χ1) is 12.4. The lowest BCUT2D eigenvalue weighted by molar-refractivity contribution is 0.0592. The quantitative estimate of drug-likeness (QED) is 0.665. The molecule has 0 bridgehead atoms. The molecule has 0 saturated heterocycles. The summed E-state index contributed by atoms with van der Waals surface area (Å²) in [5.74, 6) is -0.00143. The number of pyridine rings is 1. The van der Waals surface area contributed by atoms with Crippen molar-refractivity contribution in [1.29, 1.82) is 0 Å². The Labute approximate surface area is 156 Å². The van der Waals surface area contributed by atoms with Gasteiger partial charge in [0.25, 0.3) is 5.91 Å². The Balaban J connectivity index is 1.68. The zero-order chi connectivity index (χ0) is 18.4. The van der Waals surface area contributed by atoms with Gasteiger partial charge in [-0.2, -0.15) is 15.0 Å². The molecular formula is C18H19ClN6O. The van der Waals surface area contributed by atoms with E-state index in [1.54, 1.807) is 19.4 Å². The van der Waals surface area contributed by atoms with Crippen LogP contribution in [0.3, 0.4) is 0 Å². The molecule has 0 N–H and O–H groups in total. The summed E-state index contributed by atoms with van der Waals surface area (Å²) < 4.78 is 2.02. The maximum absolute atomic E-state index is 13.0. The summed E-state index contributed by atoms with van der Waals surface area (Å²) in [5, 5.41) is 8.81. The minimum Gasteiger partial charge on any atom is -0.341 e. The fraction of sp³-hybridized carbons (Fsp3) is 0.333. The molecule has 4 heterocycles. The van der Waals surface area contributed by atoms with E-state index in [0.717, 1.165) is 28.9 Å². The number of carbonyl (C=O) groups excluding carboxylic acids is 1. The average molecular weight is 371 g/mol. The van der Waals surface area contributed by atoms with E-state index in [0.29, 0.717) is 17.4 Å². The Kier molecular flexibility index (Phi) is 4.03. The summed E-state index contributed by atoms with van der Waals surface area (Å²) in [7, 11) is 1.77. The van der Waals surface area contributed by atoms with Crippen LogP contribution in [0.25, 0.3) is 11.1 Å². The molecule has 0 unspecified atom stereocenters. The standard InChI is InChI=1S/C18H19ClN6O/c1-11-6-20-17(19)5-15(11)13-4-16-18(26)25(12(2)8-24(16)9-13)10-14-7-21-23(3)22-14/h4-7,9,12H,8,10H2,1-3H3/t12-/m0/s1. The van der Waals surface area contributed by atoms with Crippen LogP contribution >= 0.6 is 11.6 Å². The highest BCUT2D eigenvalue weighted by Gasteiger charge is 2.31. The van der Waals surface area contributed by atoms with Gasteiger partial charge in [0.1, 0.15) is 16.5 Å². The molecule has 3 aromatic rings. The highest BCUT2D eigenvalue weighted by atomic mass is 35.5. The van der Waals surface area contributed by atoms with E-state index in [4.69, 9.17) is 11.6 Å². The van der Waals surface area contributed by atoms with Gasteiger partial charge in [-0.3, -0.25) is 4.79 Å². The fourth-order valence-electron chi connectivity index (χ4n) is 3.39. The number of amides is 1. The largest absolute Gasteiger partial charge is 0.341 e. The fourth-order valence-corrected chi connectivity index (χ4v) is 3.55. The molecule has 1 aliphatic rings. The van der Waals surface area contributed by atoms with Gasteiger partial charge in [0.2, 0.25) is 0 Å². The van der Waals surface area contributed by atoms with Crippen LogP contribution in [0.4, 0.5) is 0 Å². The molecule has 0 spiro atoms. The van der Waals surface area contributed by atoms with Crippen molar-refractivity contribution in [1.82, 2.24) is 29.4 Å². The number of rotatable bonds is 3. The van der Waals surface area contributed by atoms with Gasteiger partial charge >= 0.3 is 0 Å². The van der Waals surface area contributed by atoms with E-state index in [2.05, 4.69) is 15.2 Å². The average Bonchev–Trinajstić information content (AvgIpc) is 3.20. The number of hydrogen-bond donors (Lipinski definition) is 0. The van der Waals surface area contributed by atoms with E-state index >= 15 is 0 Å². The number of fused-ring (bicyclic) bond motifs is 1. The van der Waals surface area contributed by atoms with Crippen molar-refractivity contribution in [2.24, 2.45) is 7.05 Å². The Bertz CT molecular complexity index is 991. The number of carbonyl (C=O) groups is 1. The lowest BCUT2D eigenvalue weighted by Crippen LogP contribution is -2.45. The first kappa shape index (κ1) is 16.8. The summed E-state index contributed by atoms with van der Waals surface area (Å²) in [4.78, 5) is 20.5. The number of aryl methyl sites for hydroxylation is 2. The van der Waals surface area contributed by atoms with Crippen molar-refractivity contribution < 1.29 is 4.79 Å². The van der Waals surface area contributed by atoms with Crippen LogP contribution < -0.4 is 0 Å². The maximum atomic E-state index is 13.0. The molecule has 7 nitrogen and oxygen atoms in total. The lowest BCUT2D eigenvalue weighted by Gasteiger charge is -2.33. The zero-order valence-electron chi connectivity index (χ0n) is 14.8. The van der Waals surface area contributed by atoms with Gasteiger partial charge in [-0.15, -0.1) is 0 Å². The molecule has 8 heteroatoms. The van der Waals surface area contributed by atoms with E-state index in [1.165, 1.54) is 4.80 Å². The highest BCUT2D eigenvalue weighted by Crippen LogP contribution is 2.30. The van der Waals surface area contributed by atoms with Gasteiger partial charge in [-0.1, -0.05) is 11.6 Å². The van der Waals surface area contributed by atoms with Crippen molar-refractivity contribution in [3.05, 3.63) is 52.8 Å². The minimum absolute atomic E-state index is 0.00143. The van der Waals surface area contributed by atoms with E-state index in [9.17, 15) is 4.79 Å². The summed E-state index contributed by atoms with van der Waals surface area (Å²) >= 11 is 6.05. The molecule has 3 aromatic heterocycles. The van der Waals surface area contributed by atoms with Crippen LogP contribution in [-0.2, 0) is 20.1 Å². The van der Waals surface area contributed by atoms with Crippen molar-refractivity contribution in [2.45, 2.75) is 33.0 Å². The third-order valence-electron chi connectivity index (χ3n) is 4.73. The van der Waals surface area contributed by atoms with Crippen molar-refractivity contribution in [3.8, 4) is 11.1 Å². The van der Waals surface area contributed by atoms with Crippen LogP contribution in [0.2, 0.25) is 5.15 Å². The molecule has 0 radical (unpaired) electrons. The highest BCUT2D eigenvalue weighted by molar-refractivity contribution is 6.29. The van der Waals surface area contributed by atoms with E-state index < -0.39 is 0 Å². The third kappa shape index (κ3) is 2.88. The van der Waals surface area contributed by atoms with Crippen molar-refractivity contribution >= 4 is 17.5 Å². The SMILES string of the molecule is Cc1cnc(Cl)cc1-c1cc2n(c1)C[C@H](C)N(Cc1cnn(C)n1)C2=O. The number of halogens is 1. The monoisotopic (exact) mass is 370 g/mol. The predicted octanol–water partition coefficient (Wildman–Crippen LogP) is 2.68. The summed E-state index contributed by atoms with van der Waals surface area (Å²) in [6.45, 7) is 5.22. The van der Waals surface area contributed by atoms with Gasteiger partial charge in [-0.05, 0) is 37.1 Å². The lowest BCUT2D eigenvalue weighted by atomic mass is 10.1. The molecule has 0 aromatic carbocycles. The van der Waals surface area contributed by atoms with Crippen LogP contribution in [0, 0.1) is 6.92 Å². The van der Waals surface area contributed by atoms with Gasteiger partial charge in [-0.25, -0.2) is 4.98 Å². The van der Waals surface area contributed by atoms with Gasteiger partial charge < -0.3 is 9.47 Å². The molecule has 1 amide bonds. The van der Waals surface area contributed by atoms with E-state index in [-0.39, 0.29) is 11.9 Å². The number of hydrogen-bond acceptors (Lipinski definition) is 4. The second-order valence-corrected chi connectivity index (χ2v) is 7.08. The molecule has 0 saturated carbocycles. The normalized spacial score (nSPS) is 16.8. The van der Waals surface area contributed by atoms with Crippen LogP contribution in [-0.4, -0.2) is 41.4 Å². The summed E-state index contributed by atoms with van der Waals surface area (Å²) in [5.41, 5.74) is 4.45. The van der Waals surface area contributed by atoms with Crippen molar-refractivity contribution in [2.75, 3.05) is 0 Å².